The summed E-state index contributed by atoms with van der Waals surface area (Å²) in [5.41, 5.74) is 2.14. The second-order valence-corrected chi connectivity index (χ2v) is 8.50. The van der Waals surface area contributed by atoms with Crippen LogP contribution in [0.5, 0.6) is 0 Å². The smallest absolute Gasteiger partial charge is 0.242 e. The van der Waals surface area contributed by atoms with Crippen LogP contribution in [0.15, 0.2) is 34.9 Å². The van der Waals surface area contributed by atoms with Gasteiger partial charge in [0.25, 0.3) is 0 Å². The summed E-state index contributed by atoms with van der Waals surface area (Å²) in [6, 6.07) is 8.27. The third kappa shape index (κ3) is 5.12. The highest BCUT2D eigenvalue weighted by atomic mass is 16.4. The van der Waals surface area contributed by atoms with E-state index in [1.807, 2.05) is 4.90 Å². The first kappa shape index (κ1) is 19.5. The van der Waals surface area contributed by atoms with Gasteiger partial charge in [0.05, 0.1) is 19.3 Å². The molecule has 27 heavy (non-hydrogen) atoms. The number of anilines is 1. The van der Waals surface area contributed by atoms with Gasteiger partial charge in [-0.05, 0) is 38.3 Å². The van der Waals surface area contributed by atoms with E-state index < -0.39 is 0 Å². The molecule has 1 amide bonds. The minimum absolute atomic E-state index is 0.0798. The second-order valence-electron chi connectivity index (χ2n) is 8.50. The van der Waals surface area contributed by atoms with Crippen LogP contribution >= 0.6 is 0 Å². The van der Waals surface area contributed by atoms with E-state index in [0.717, 1.165) is 37.4 Å². The number of amides is 1. The fourth-order valence-electron chi connectivity index (χ4n) is 3.29. The van der Waals surface area contributed by atoms with Crippen molar-refractivity contribution in [3.05, 3.63) is 47.7 Å². The number of aryl methyl sites for hydroxylation is 1. The van der Waals surface area contributed by atoms with Crippen molar-refractivity contribution in [2.24, 2.45) is 0 Å². The molecular formula is C22H31N3O2. The summed E-state index contributed by atoms with van der Waals surface area (Å²) in [6.07, 6.45) is 5.22. The zero-order valence-electron chi connectivity index (χ0n) is 17.0. The quantitative estimate of drug-likeness (QED) is 0.788. The van der Waals surface area contributed by atoms with Gasteiger partial charge in [0.1, 0.15) is 5.76 Å². The molecule has 2 aromatic rings. The molecule has 1 aromatic heterocycles. The largest absolute Gasteiger partial charge is 0.443 e. The van der Waals surface area contributed by atoms with Gasteiger partial charge in [0, 0.05) is 24.2 Å². The minimum atomic E-state index is -0.0798. The Kier molecular flexibility index (Phi) is 5.88. The van der Waals surface area contributed by atoms with Crippen LogP contribution in [0.3, 0.4) is 0 Å². The normalized spacial score (nSPS) is 15.0. The fraction of sp³-hybridized carbons (Fsp3) is 0.545. The zero-order valence-corrected chi connectivity index (χ0v) is 17.0. The predicted octanol–water partition coefficient (Wildman–Crippen LogP) is 4.30. The lowest BCUT2D eigenvalue weighted by Crippen LogP contribution is -2.42. The molecule has 0 unspecified atom stereocenters. The van der Waals surface area contributed by atoms with Crippen molar-refractivity contribution < 1.29 is 9.21 Å². The Morgan fingerprint density at radius 2 is 1.81 bits per heavy atom. The van der Waals surface area contributed by atoms with Gasteiger partial charge in [-0.2, -0.15) is 0 Å². The van der Waals surface area contributed by atoms with E-state index in [4.69, 9.17) is 4.42 Å². The van der Waals surface area contributed by atoms with Crippen LogP contribution in [-0.2, 0) is 16.8 Å². The van der Waals surface area contributed by atoms with Gasteiger partial charge in [0.2, 0.25) is 11.8 Å². The van der Waals surface area contributed by atoms with Gasteiger partial charge >= 0.3 is 0 Å². The topological polar surface area (TPSA) is 49.6 Å². The molecular weight excluding hydrogens is 338 g/mol. The van der Waals surface area contributed by atoms with Crippen molar-refractivity contribution in [3.8, 4) is 0 Å². The number of benzene rings is 1. The summed E-state index contributed by atoms with van der Waals surface area (Å²) in [6.45, 7) is 11.0. The highest BCUT2D eigenvalue weighted by Gasteiger charge is 2.23. The molecule has 0 saturated carbocycles. The van der Waals surface area contributed by atoms with Gasteiger partial charge in [0.15, 0.2) is 0 Å². The van der Waals surface area contributed by atoms with Crippen LogP contribution in [0.25, 0.3) is 0 Å². The summed E-state index contributed by atoms with van der Waals surface area (Å²) in [7, 11) is 0. The molecule has 2 heterocycles. The van der Waals surface area contributed by atoms with Gasteiger partial charge < -0.3 is 14.2 Å². The van der Waals surface area contributed by atoms with Crippen LogP contribution in [0.1, 0.15) is 57.2 Å². The third-order valence-electron chi connectivity index (χ3n) is 5.05. The Balaban J connectivity index is 1.78. The van der Waals surface area contributed by atoms with E-state index in [9.17, 15) is 4.79 Å². The standard InChI is InChI=1S/C22H31N3O2/c1-17-8-10-18(11-9-17)25(16-21(26)24-12-6-5-7-13-24)15-20-23-14-19(27-20)22(2,3)4/h8-11,14H,5-7,12-13,15-16H2,1-4H3. The molecule has 5 heteroatoms. The average Bonchev–Trinajstić information content (AvgIpc) is 3.11. The number of rotatable bonds is 5. The number of carbonyl (C=O) groups is 1. The van der Waals surface area contributed by atoms with Crippen molar-refractivity contribution in [3.63, 3.8) is 0 Å². The van der Waals surface area contributed by atoms with Crippen LogP contribution in [0.2, 0.25) is 0 Å². The molecule has 0 bridgehead atoms. The molecule has 0 N–H and O–H groups in total. The lowest BCUT2D eigenvalue weighted by Gasteiger charge is -2.30. The molecule has 1 aromatic carbocycles. The van der Waals surface area contributed by atoms with Gasteiger partial charge in [-0.25, -0.2) is 4.98 Å². The zero-order chi connectivity index (χ0) is 19.4. The number of oxazole rings is 1. The SMILES string of the molecule is Cc1ccc(N(CC(=O)N2CCCCC2)Cc2ncc(C(C)(C)C)o2)cc1. The van der Waals surface area contributed by atoms with E-state index in [-0.39, 0.29) is 11.3 Å². The highest BCUT2D eigenvalue weighted by Crippen LogP contribution is 2.24. The molecule has 1 aliphatic rings. The highest BCUT2D eigenvalue weighted by molar-refractivity contribution is 5.81. The maximum Gasteiger partial charge on any atom is 0.242 e. The predicted molar refractivity (Wildman–Crippen MR) is 108 cm³/mol. The Bertz CT molecular complexity index is 753. The number of hydrogen-bond donors (Lipinski definition) is 0. The Morgan fingerprint density at radius 1 is 1.15 bits per heavy atom. The summed E-state index contributed by atoms with van der Waals surface area (Å²) >= 11 is 0. The summed E-state index contributed by atoms with van der Waals surface area (Å²) in [5.74, 6) is 1.69. The van der Waals surface area contributed by atoms with E-state index >= 15 is 0 Å². The number of carbonyl (C=O) groups excluding carboxylic acids is 1. The maximum atomic E-state index is 12.8. The monoisotopic (exact) mass is 369 g/mol. The molecule has 0 aliphatic carbocycles. The third-order valence-corrected chi connectivity index (χ3v) is 5.05. The first-order chi connectivity index (χ1) is 12.8. The van der Waals surface area contributed by atoms with Crippen molar-refractivity contribution in [2.75, 3.05) is 24.5 Å². The maximum absolute atomic E-state index is 12.8. The van der Waals surface area contributed by atoms with E-state index in [1.54, 1.807) is 6.20 Å². The lowest BCUT2D eigenvalue weighted by molar-refractivity contribution is -0.130. The van der Waals surface area contributed by atoms with Gasteiger partial charge in [-0.1, -0.05) is 38.5 Å². The number of aromatic nitrogens is 1. The first-order valence-corrected chi connectivity index (χ1v) is 9.87. The Morgan fingerprint density at radius 3 is 2.41 bits per heavy atom. The van der Waals surface area contributed by atoms with Crippen LogP contribution in [0, 0.1) is 6.92 Å². The number of likely N-dealkylation sites (tertiary alicyclic amines) is 1. The van der Waals surface area contributed by atoms with E-state index in [0.29, 0.717) is 19.0 Å². The van der Waals surface area contributed by atoms with Gasteiger partial charge in [-0.15, -0.1) is 0 Å². The summed E-state index contributed by atoms with van der Waals surface area (Å²) < 4.78 is 5.97. The molecule has 0 atom stereocenters. The molecule has 0 spiro atoms. The molecule has 5 nitrogen and oxygen atoms in total. The van der Waals surface area contributed by atoms with Gasteiger partial charge in [-0.3, -0.25) is 4.79 Å². The number of hydrogen-bond acceptors (Lipinski definition) is 4. The van der Waals surface area contributed by atoms with Crippen LogP contribution < -0.4 is 4.90 Å². The number of piperidine rings is 1. The Labute approximate surface area is 162 Å². The summed E-state index contributed by atoms with van der Waals surface area (Å²) in [4.78, 5) is 21.3. The first-order valence-electron chi connectivity index (χ1n) is 9.87. The van der Waals surface area contributed by atoms with E-state index in [2.05, 4.69) is 61.8 Å². The number of nitrogens with zero attached hydrogens (tertiary/aromatic N) is 3. The molecule has 0 radical (unpaired) electrons. The van der Waals surface area contributed by atoms with Crippen LogP contribution in [-0.4, -0.2) is 35.4 Å². The van der Waals surface area contributed by atoms with E-state index in [1.165, 1.54) is 12.0 Å². The van der Waals surface area contributed by atoms with Crippen molar-refractivity contribution in [1.82, 2.24) is 9.88 Å². The van der Waals surface area contributed by atoms with Crippen molar-refractivity contribution in [1.29, 1.82) is 0 Å². The average molecular weight is 370 g/mol. The molecule has 146 valence electrons. The second kappa shape index (κ2) is 8.15. The summed E-state index contributed by atoms with van der Waals surface area (Å²) in [5, 5.41) is 0. The molecule has 1 aliphatic heterocycles. The Hall–Kier alpha value is -2.30. The molecule has 3 rings (SSSR count). The molecule has 1 fully saturated rings. The van der Waals surface area contributed by atoms with Crippen molar-refractivity contribution >= 4 is 11.6 Å². The molecule has 1 saturated heterocycles. The minimum Gasteiger partial charge on any atom is -0.443 e. The lowest BCUT2D eigenvalue weighted by atomic mass is 9.94. The van der Waals surface area contributed by atoms with Crippen LogP contribution in [0.4, 0.5) is 5.69 Å². The van der Waals surface area contributed by atoms with Crippen molar-refractivity contribution in [2.45, 2.75) is 58.9 Å². The fourth-order valence-corrected chi connectivity index (χ4v) is 3.29.